The Bertz CT molecular complexity index is 1330. The SMILES string of the molecule is O=C(COc1ccc(S(=O)(=O)N2CCc3ccccc3C2)cc1Cl)NCc1ccc(Cl)cc1Cl. The first kappa shape index (κ1) is 24.8. The van der Waals surface area contributed by atoms with Crippen LogP contribution >= 0.6 is 34.8 Å². The van der Waals surface area contributed by atoms with Crippen molar-refractivity contribution < 1.29 is 17.9 Å². The summed E-state index contributed by atoms with van der Waals surface area (Å²) >= 11 is 18.3. The van der Waals surface area contributed by atoms with Gasteiger partial charge in [-0.2, -0.15) is 4.31 Å². The molecule has 0 atom stereocenters. The van der Waals surface area contributed by atoms with E-state index in [4.69, 9.17) is 39.5 Å². The van der Waals surface area contributed by atoms with Crippen molar-refractivity contribution in [1.82, 2.24) is 9.62 Å². The van der Waals surface area contributed by atoms with Crippen LogP contribution in [0.5, 0.6) is 5.75 Å². The Labute approximate surface area is 213 Å². The van der Waals surface area contributed by atoms with Crippen molar-refractivity contribution in [1.29, 1.82) is 0 Å². The molecule has 0 saturated heterocycles. The highest BCUT2D eigenvalue weighted by molar-refractivity contribution is 7.89. The van der Waals surface area contributed by atoms with Gasteiger partial charge in [-0.1, -0.05) is 65.1 Å². The molecule has 0 unspecified atom stereocenters. The van der Waals surface area contributed by atoms with Crippen LogP contribution in [0.3, 0.4) is 0 Å². The first-order valence-corrected chi connectivity index (χ1v) is 13.0. The highest BCUT2D eigenvalue weighted by Gasteiger charge is 2.28. The van der Waals surface area contributed by atoms with Gasteiger partial charge >= 0.3 is 0 Å². The number of sulfonamides is 1. The van der Waals surface area contributed by atoms with Gasteiger partial charge in [0, 0.05) is 29.7 Å². The highest BCUT2D eigenvalue weighted by atomic mass is 35.5. The Morgan fingerprint density at radius 3 is 2.47 bits per heavy atom. The summed E-state index contributed by atoms with van der Waals surface area (Å²) in [4.78, 5) is 12.2. The van der Waals surface area contributed by atoms with E-state index in [1.807, 2.05) is 24.3 Å². The monoisotopic (exact) mass is 538 g/mol. The smallest absolute Gasteiger partial charge is 0.258 e. The molecule has 6 nitrogen and oxygen atoms in total. The minimum atomic E-state index is -3.73. The second-order valence-electron chi connectivity index (χ2n) is 7.75. The quantitative estimate of drug-likeness (QED) is 0.454. The Hall–Kier alpha value is -2.29. The van der Waals surface area contributed by atoms with Crippen LogP contribution < -0.4 is 10.1 Å². The standard InChI is InChI=1S/C24H21Cl3N2O4S/c25-19-6-5-17(21(26)11-19)13-28-24(30)15-33-23-8-7-20(12-22(23)27)34(31,32)29-10-9-16-3-1-2-4-18(16)14-29/h1-8,11-12H,9-10,13-15H2,(H,28,30). The van der Waals surface area contributed by atoms with Gasteiger partial charge in [-0.05, 0) is 53.4 Å². The lowest BCUT2D eigenvalue weighted by molar-refractivity contribution is -0.123. The first-order valence-electron chi connectivity index (χ1n) is 10.4. The molecule has 3 aromatic rings. The minimum Gasteiger partial charge on any atom is -0.482 e. The van der Waals surface area contributed by atoms with Crippen LogP contribution in [0.4, 0.5) is 0 Å². The number of halogens is 3. The van der Waals surface area contributed by atoms with Crippen LogP contribution in [0.1, 0.15) is 16.7 Å². The fourth-order valence-corrected chi connectivity index (χ4v) is 5.86. The molecule has 0 radical (unpaired) electrons. The second kappa shape index (κ2) is 10.5. The van der Waals surface area contributed by atoms with Crippen molar-refractivity contribution in [2.24, 2.45) is 0 Å². The molecule has 0 spiro atoms. The molecule has 0 aromatic heterocycles. The van der Waals surface area contributed by atoms with Gasteiger partial charge in [-0.25, -0.2) is 8.42 Å². The van der Waals surface area contributed by atoms with Gasteiger partial charge in [0.2, 0.25) is 10.0 Å². The summed E-state index contributed by atoms with van der Waals surface area (Å²) < 4.78 is 33.2. The lowest BCUT2D eigenvalue weighted by Crippen LogP contribution is -2.35. The number of benzene rings is 3. The minimum absolute atomic E-state index is 0.0751. The van der Waals surface area contributed by atoms with Crippen LogP contribution in [-0.2, 0) is 34.3 Å². The normalized spacial score (nSPS) is 13.9. The van der Waals surface area contributed by atoms with Crippen molar-refractivity contribution in [3.8, 4) is 5.75 Å². The van der Waals surface area contributed by atoms with Crippen molar-refractivity contribution in [2.45, 2.75) is 24.4 Å². The van der Waals surface area contributed by atoms with Gasteiger partial charge < -0.3 is 10.1 Å². The fourth-order valence-electron chi connectivity index (χ4n) is 3.64. The average molecular weight is 540 g/mol. The number of fused-ring (bicyclic) bond motifs is 1. The van der Waals surface area contributed by atoms with Gasteiger partial charge in [-0.15, -0.1) is 0 Å². The first-order chi connectivity index (χ1) is 16.2. The molecule has 34 heavy (non-hydrogen) atoms. The van der Waals surface area contributed by atoms with E-state index in [0.717, 1.165) is 11.1 Å². The van der Waals surface area contributed by atoms with Crippen LogP contribution in [0.25, 0.3) is 0 Å². The maximum atomic E-state index is 13.1. The predicted molar refractivity (Wildman–Crippen MR) is 133 cm³/mol. The molecule has 1 heterocycles. The van der Waals surface area contributed by atoms with Crippen LogP contribution in [0.15, 0.2) is 65.6 Å². The lowest BCUT2D eigenvalue weighted by Gasteiger charge is -2.28. The molecular weight excluding hydrogens is 519 g/mol. The average Bonchev–Trinajstić information content (AvgIpc) is 2.82. The molecule has 0 saturated carbocycles. The van der Waals surface area contributed by atoms with Crippen LogP contribution in [0.2, 0.25) is 15.1 Å². The van der Waals surface area contributed by atoms with Gasteiger partial charge in [0.25, 0.3) is 5.91 Å². The molecule has 1 aliphatic heterocycles. The lowest BCUT2D eigenvalue weighted by atomic mass is 10.0. The molecule has 0 bridgehead atoms. The van der Waals surface area contributed by atoms with E-state index in [9.17, 15) is 13.2 Å². The van der Waals surface area contributed by atoms with Crippen molar-refractivity contribution >= 4 is 50.7 Å². The maximum Gasteiger partial charge on any atom is 0.258 e. The van der Waals surface area contributed by atoms with Gasteiger partial charge in [-0.3, -0.25) is 4.79 Å². The highest BCUT2D eigenvalue weighted by Crippen LogP contribution is 2.31. The Balaban J connectivity index is 1.37. The third-order valence-electron chi connectivity index (χ3n) is 5.49. The summed E-state index contributed by atoms with van der Waals surface area (Å²) in [6, 6.07) is 17.0. The molecule has 1 amide bonds. The zero-order chi connectivity index (χ0) is 24.3. The second-order valence-corrected chi connectivity index (χ2v) is 10.9. The van der Waals surface area contributed by atoms with E-state index < -0.39 is 10.0 Å². The number of carbonyl (C=O) groups is 1. The molecule has 1 N–H and O–H groups in total. The van der Waals surface area contributed by atoms with E-state index >= 15 is 0 Å². The molecule has 0 aliphatic carbocycles. The van der Waals surface area contributed by atoms with Crippen molar-refractivity contribution in [3.63, 3.8) is 0 Å². The van der Waals surface area contributed by atoms with Gasteiger partial charge in [0.15, 0.2) is 6.61 Å². The summed E-state index contributed by atoms with van der Waals surface area (Å²) in [5, 5.41) is 3.76. The zero-order valence-corrected chi connectivity index (χ0v) is 21.0. The molecule has 178 valence electrons. The van der Waals surface area contributed by atoms with Crippen LogP contribution in [0, 0.1) is 0 Å². The number of hydrogen-bond donors (Lipinski definition) is 1. The van der Waals surface area contributed by atoms with E-state index in [-0.39, 0.29) is 34.7 Å². The zero-order valence-electron chi connectivity index (χ0n) is 17.9. The third-order valence-corrected chi connectivity index (χ3v) is 8.21. The number of carbonyl (C=O) groups excluding carboxylic acids is 1. The number of nitrogens with one attached hydrogen (secondary N) is 1. The number of nitrogens with zero attached hydrogens (tertiary/aromatic N) is 1. The third kappa shape index (κ3) is 5.67. The van der Waals surface area contributed by atoms with Crippen molar-refractivity contribution in [2.75, 3.05) is 13.2 Å². The summed E-state index contributed by atoms with van der Waals surface area (Å²) in [6.07, 6.45) is 0.653. The molecule has 3 aromatic carbocycles. The summed E-state index contributed by atoms with van der Waals surface area (Å²) in [7, 11) is -3.73. The molecule has 1 aliphatic rings. The Morgan fingerprint density at radius 2 is 1.74 bits per heavy atom. The van der Waals surface area contributed by atoms with E-state index in [1.165, 1.54) is 22.5 Å². The van der Waals surface area contributed by atoms with E-state index in [2.05, 4.69) is 5.32 Å². The summed E-state index contributed by atoms with van der Waals surface area (Å²) in [5.74, 6) is -0.171. The maximum absolute atomic E-state index is 13.1. The molecular formula is C24H21Cl3N2O4S. The predicted octanol–water partition coefficient (Wildman–Crippen LogP) is 5.09. The van der Waals surface area contributed by atoms with E-state index in [0.29, 0.717) is 35.1 Å². The number of amides is 1. The number of ether oxygens (including phenoxy) is 1. The van der Waals surface area contributed by atoms with Gasteiger partial charge in [0.1, 0.15) is 5.75 Å². The van der Waals surface area contributed by atoms with Gasteiger partial charge in [0.05, 0.1) is 9.92 Å². The van der Waals surface area contributed by atoms with E-state index in [1.54, 1.807) is 18.2 Å². The van der Waals surface area contributed by atoms with Crippen molar-refractivity contribution in [3.05, 3.63) is 92.4 Å². The number of rotatable bonds is 7. The topological polar surface area (TPSA) is 75.7 Å². The molecule has 0 fully saturated rings. The largest absolute Gasteiger partial charge is 0.482 e. The number of hydrogen-bond acceptors (Lipinski definition) is 4. The Morgan fingerprint density at radius 1 is 0.971 bits per heavy atom. The summed E-state index contributed by atoms with van der Waals surface area (Å²) in [5.41, 5.74) is 2.87. The molecule has 4 rings (SSSR count). The fraction of sp³-hybridized carbons (Fsp3) is 0.208. The Kier molecular flexibility index (Phi) is 7.70. The van der Waals surface area contributed by atoms with Crippen LogP contribution in [-0.4, -0.2) is 31.8 Å². The summed E-state index contributed by atoms with van der Waals surface area (Å²) in [6.45, 7) is 0.626. The molecule has 10 heteroatoms.